The zero-order valence-corrected chi connectivity index (χ0v) is 11.3. The Morgan fingerprint density at radius 2 is 1.84 bits per heavy atom. The van der Waals surface area contributed by atoms with Crippen LogP contribution in [0.2, 0.25) is 0 Å². The Labute approximate surface area is 114 Å². The summed E-state index contributed by atoms with van der Waals surface area (Å²) in [7, 11) is 0. The Morgan fingerprint density at radius 1 is 1.16 bits per heavy atom. The Balaban J connectivity index is 1.33. The van der Waals surface area contributed by atoms with Crippen molar-refractivity contribution in [1.29, 1.82) is 0 Å². The van der Waals surface area contributed by atoms with Crippen LogP contribution in [0, 0.1) is 17.7 Å². The molecule has 2 aliphatic rings. The van der Waals surface area contributed by atoms with E-state index < -0.39 is 0 Å². The van der Waals surface area contributed by atoms with Crippen molar-refractivity contribution in [2.75, 3.05) is 13.2 Å². The van der Waals surface area contributed by atoms with Gasteiger partial charge in [0.15, 0.2) is 0 Å². The molecule has 0 bridgehead atoms. The highest BCUT2D eigenvalue weighted by molar-refractivity contribution is 5.16. The van der Waals surface area contributed by atoms with E-state index in [2.05, 4.69) is 5.32 Å². The number of nitrogens with one attached hydrogen (secondary N) is 1. The minimum Gasteiger partial charge on any atom is -0.375 e. The quantitative estimate of drug-likeness (QED) is 0.728. The zero-order chi connectivity index (χ0) is 13.1. The fourth-order valence-corrected chi connectivity index (χ4v) is 2.72. The summed E-state index contributed by atoms with van der Waals surface area (Å²) in [6.45, 7) is 1.91. The molecule has 1 aromatic carbocycles. The van der Waals surface area contributed by atoms with E-state index in [9.17, 15) is 4.39 Å². The standard InChI is InChI=1S/C16H22FNO/c17-15-4-2-1-3-14(15)11-19-10-9-18-16(12-5-6-12)13-7-8-13/h1-4,12-13,16,18H,5-11H2. The SMILES string of the molecule is Fc1ccccc1COCCNC(C1CC1)C1CC1. The highest BCUT2D eigenvalue weighted by Gasteiger charge is 2.40. The van der Waals surface area contributed by atoms with E-state index >= 15 is 0 Å². The van der Waals surface area contributed by atoms with Gasteiger partial charge in [0.2, 0.25) is 0 Å². The van der Waals surface area contributed by atoms with Crippen molar-refractivity contribution in [2.24, 2.45) is 11.8 Å². The fraction of sp³-hybridized carbons (Fsp3) is 0.625. The van der Waals surface area contributed by atoms with Crippen molar-refractivity contribution in [2.45, 2.75) is 38.3 Å². The molecular formula is C16H22FNO. The molecule has 0 unspecified atom stereocenters. The maximum atomic E-state index is 13.4. The third kappa shape index (κ3) is 3.77. The van der Waals surface area contributed by atoms with Gasteiger partial charge in [-0.15, -0.1) is 0 Å². The van der Waals surface area contributed by atoms with Crippen molar-refractivity contribution >= 4 is 0 Å². The smallest absolute Gasteiger partial charge is 0.128 e. The van der Waals surface area contributed by atoms with Gasteiger partial charge in [0.05, 0.1) is 13.2 Å². The van der Waals surface area contributed by atoms with Gasteiger partial charge in [0, 0.05) is 18.2 Å². The third-order valence-corrected chi connectivity index (χ3v) is 4.10. The van der Waals surface area contributed by atoms with E-state index in [0.29, 0.717) is 18.8 Å². The first kappa shape index (κ1) is 13.1. The van der Waals surface area contributed by atoms with Crippen molar-refractivity contribution < 1.29 is 9.13 Å². The second-order valence-electron chi connectivity index (χ2n) is 5.80. The molecule has 1 N–H and O–H groups in total. The summed E-state index contributed by atoms with van der Waals surface area (Å²) in [6, 6.07) is 7.52. The van der Waals surface area contributed by atoms with Crippen LogP contribution in [0.3, 0.4) is 0 Å². The predicted molar refractivity (Wildman–Crippen MR) is 73.3 cm³/mol. The summed E-state index contributed by atoms with van der Waals surface area (Å²) < 4.78 is 18.9. The van der Waals surface area contributed by atoms with Crippen LogP contribution in [-0.2, 0) is 11.3 Å². The molecule has 3 rings (SSSR count). The average molecular weight is 263 g/mol. The van der Waals surface area contributed by atoms with Gasteiger partial charge in [-0.25, -0.2) is 4.39 Å². The predicted octanol–water partition coefficient (Wildman–Crippen LogP) is 3.12. The highest BCUT2D eigenvalue weighted by Crippen LogP contribution is 2.44. The van der Waals surface area contributed by atoms with Crippen molar-refractivity contribution in [3.63, 3.8) is 0 Å². The van der Waals surface area contributed by atoms with E-state index in [1.54, 1.807) is 12.1 Å². The molecule has 0 radical (unpaired) electrons. The van der Waals surface area contributed by atoms with Gasteiger partial charge < -0.3 is 10.1 Å². The summed E-state index contributed by atoms with van der Waals surface area (Å²) in [6.07, 6.45) is 5.57. The normalized spacial score (nSPS) is 19.1. The van der Waals surface area contributed by atoms with Gasteiger partial charge in [-0.1, -0.05) is 18.2 Å². The van der Waals surface area contributed by atoms with Gasteiger partial charge in [0.1, 0.15) is 5.82 Å². The van der Waals surface area contributed by atoms with Gasteiger partial charge in [-0.05, 0) is 43.6 Å². The van der Waals surface area contributed by atoms with Crippen LogP contribution in [0.1, 0.15) is 31.2 Å². The van der Waals surface area contributed by atoms with E-state index in [0.717, 1.165) is 24.4 Å². The molecule has 0 heterocycles. The van der Waals surface area contributed by atoms with Crippen molar-refractivity contribution in [3.8, 4) is 0 Å². The second-order valence-corrected chi connectivity index (χ2v) is 5.80. The lowest BCUT2D eigenvalue weighted by atomic mass is 10.1. The number of hydrogen-bond donors (Lipinski definition) is 1. The first-order chi connectivity index (χ1) is 9.34. The second kappa shape index (κ2) is 6.02. The molecule has 0 aromatic heterocycles. The topological polar surface area (TPSA) is 21.3 Å². The zero-order valence-electron chi connectivity index (χ0n) is 11.3. The minimum absolute atomic E-state index is 0.177. The molecule has 0 saturated heterocycles. The monoisotopic (exact) mass is 263 g/mol. The molecule has 104 valence electrons. The molecule has 3 heteroatoms. The Morgan fingerprint density at radius 3 is 2.47 bits per heavy atom. The molecule has 19 heavy (non-hydrogen) atoms. The van der Waals surface area contributed by atoms with Crippen LogP contribution >= 0.6 is 0 Å². The number of hydrogen-bond acceptors (Lipinski definition) is 2. The van der Waals surface area contributed by atoms with Gasteiger partial charge in [0.25, 0.3) is 0 Å². The maximum absolute atomic E-state index is 13.4. The molecule has 2 aliphatic carbocycles. The van der Waals surface area contributed by atoms with E-state index in [4.69, 9.17) is 4.74 Å². The number of benzene rings is 1. The minimum atomic E-state index is -0.177. The summed E-state index contributed by atoms with van der Waals surface area (Å²) in [4.78, 5) is 0. The molecule has 2 saturated carbocycles. The molecule has 2 nitrogen and oxygen atoms in total. The van der Waals surface area contributed by atoms with E-state index in [1.165, 1.54) is 31.7 Å². The number of rotatable bonds is 8. The number of ether oxygens (including phenoxy) is 1. The molecular weight excluding hydrogens is 241 g/mol. The molecule has 1 aromatic rings. The maximum Gasteiger partial charge on any atom is 0.128 e. The van der Waals surface area contributed by atoms with Crippen LogP contribution in [0.5, 0.6) is 0 Å². The fourth-order valence-electron chi connectivity index (χ4n) is 2.72. The first-order valence-corrected chi connectivity index (χ1v) is 7.39. The largest absolute Gasteiger partial charge is 0.375 e. The lowest BCUT2D eigenvalue weighted by molar-refractivity contribution is 0.117. The average Bonchev–Trinajstić information content (AvgIpc) is 3.28. The van der Waals surface area contributed by atoms with Crippen molar-refractivity contribution in [3.05, 3.63) is 35.6 Å². The van der Waals surface area contributed by atoms with Gasteiger partial charge in [-0.2, -0.15) is 0 Å². The van der Waals surface area contributed by atoms with Crippen LogP contribution in [0.15, 0.2) is 24.3 Å². The summed E-state index contributed by atoms with van der Waals surface area (Å²) >= 11 is 0. The van der Waals surface area contributed by atoms with Gasteiger partial charge in [-0.3, -0.25) is 0 Å². The van der Waals surface area contributed by atoms with Crippen molar-refractivity contribution in [1.82, 2.24) is 5.32 Å². The highest BCUT2D eigenvalue weighted by atomic mass is 19.1. The van der Waals surface area contributed by atoms with E-state index in [1.807, 2.05) is 6.07 Å². The Bertz CT molecular complexity index is 403. The Kier molecular flexibility index (Phi) is 4.14. The molecule has 2 fully saturated rings. The summed E-state index contributed by atoms with van der Waals surface area (Å²) in [5, 5.41) is 3.63. The van der Waals surface area contributed by atoms with Crippen LogP contribution in [0.4, 0.5) is 4.39 Å². The lowest BCUT2D eigenvalue weighted by Gasteiger charge is -2.17. The molecule has 0 aliphatic heterocycles. The van der Waals surface area contributed by atoms with Crippen LogP contribution < -0.4 is 5.32 Å². The molecule has 0 spiro atoms. The molecule has 0 atom stereocenters. The molecule has 0 amide bonds. The summed E-state index contributed by atoms with van der Waals surface area (Å²) in [5.74, 6) is 1.66. The van der Waals surface area contributed by atoms with Crippen LogP contribution in [-0.4, -0.2) is 19.2 Å². The summed E-state index contributed by atoms with van der Waals surface area (Å²) in [5.41, 5.74) is 0.642. The van der Waals surface area contributed by atoms with E-state index in [-0.39, 0.29) is 5.82 Å². The van der Waals surface area contributed by atoms with Gasteiger partial charge >= 0.3 is 0 Å². The first-order valence-electron chi connectivity index (χ1n) is 7.39. The lowest BCUT2D eigenvalue weighted by Crippen LogP contribution is -2.35. The number of halogens is 1. The third-order valence-electron chi connectivity index (χ3n) is 4.10. The van der Waals surface area contributed by atoms with Crippen LogP contribution in [0.25, 0.3) is 0 Å². The Hall–Kier alpha value is -0.930.